The molecule has 0 saturated carbocycles. The molecular weight excluding hydrogens is 420 g/mol. The van der Waals surface area contributed by atoms with E-state index < -0.39 is 18.1 Å². The van der Waals surface area contributed by atoms with E-state index in [2.05, 4.69) is 29.6 Å². The summed E-state index contributed by atoms with van der Waals surface area (Å²) in [7, 11) is 0. The maximum absolute atomic E-state index is 12.8. The van der Waals surface area contributed by atoms with Gasteiger partial charge in [-0.05, 0) is 48.4 Å². The molecule has 0 bridgehead atoms. The summed E-state index contributed by atoms with van der Waals surface area (Å²) in [5, 5.41) is 11.9. The summed E-state index contributed by atoms with van der Waals surface area (Å²) < 4.78 is 5.56. The number of nitrogens with one attached hydrogen (secondary N) is 1. The van der Waals surface area contributed by atoms with Crippen LogP contribution in [-0.4, -0.2) is 53.2 Å². The van der Waals surface area contributed by atoms with Crippen molar-refractivity contribution in [1.82, 2.24) is 10.2 Å². The number of hydrogen-bond donors (Lipinski definition) is 2. The average Bonchev–Trinajstić information content (AvgIpc) is 3.11. The molecule has 2 amide bonds. The molecule has 2 aromatic carbocycles. The Morgan fingerprint density at radius 3 is 2.33 bits per heavy atom. The smallest absolute Gasteiger partial charge is 0.407 e. The highest BCUT2D eigenvalue weighted by Gasteiger charge is 2.31. The van der Waals surface area contributed by atoms with Crippen LogP contribution in [0.1, 0.15) is 56.1 Å². The topological polar surface area (TPSA) is 95.9 Å². The van der Waals surface area contributed by atoms with E-state index in [1.54, 1.807) is 11.8 Å². The van der Waals surface area contributed by atoms with Gasteiger partial charge in [0, 0.05) is 31.0 Å². The first kappa shape index (κ1) is 22.8. The molecular formula is C26H30N2O5. The van der Waals surface area contributed by atoms with Gasteiger partial charge in [0.2, 0.25) is 5.91 Å². The van der Waals surface area contributed by atoms with E-state index in [0.717, 1.165) is 24.0 Å². The second kappa shape index (κ2) is 10.1. The molecule has 2 N–H and O–H groups in total. The first-order valence-corrected chi connectivity index (χ1v) is 11.6. The number of carbonyl (C=O) groups excluding carboxylic acids is 2. The molecule has 33 heavy (non-hydrogen) atoms. The molecule has 1 fully saturated rings. The maximum Gasteiger partial charge on any atom is 0.407 e. The highest BCUT2D eigenvalue weighted by molar-refractivity contribution is 5.80. The number of carboxylic acids is 1. The number of amides is 2. The molecule has 1 aliphatic carbocycles. The van der Waals surface area contributed by atoms with Crippen LogP contribution in [0.2, 0.25) is 0 Å². The molecule has 0 aromatic heterocycles. The zero-order valence-electron chi connectivity index (χ0n) is 18.8. The Morgan fingerprint density at radius 2 is 1.70 bits per heavy atom. The Hall–Kier alpha value is -3.35. The zero-order valence-corrected chi connectivity index (χ0v) is 18.8. The number of aliphatic carboxylic acids is 1. The number of alkyl carbamates (subject to hydrolysis) is 1. The Balaban J connectivity index is 1.31. The van der Waals surface area contributed by atoms with Crippen LogP contribution in [-0.2, 0) is 14.3 Å². The summed E-state index contributed by atoms with van der Waals surface area (Å²) >= 11 is 0. The van der Waals surface area contributed by atoms with Crippen LogP contribution >= 0.6 is 0 Å². The number of carbonyl (C=O) groups is 3. The van der Waals surface area contributed by atoms with Gasteiger partial charge >= 0.3 is 12.1 Å². The van der Waals surface area contributed by atoms with Gasteiger partial charge in [0.1, 0.15) is 6.61 Å². The molecule has 0 radical (unpaired) electrons. The van der Waals surface area contributed by atoms with Crippen LogP contribution in [0.4, 0.5) is 4.79 Å². The van der Waals surface area contributed by atoms with Gasteiger partial charge in [-0.15, -0.1) is 0 Å². The number of carboxylic acid groups (broad SMARTS) is 1. The van der Waals surface area contributed by atoms with Crippen LogP contribution in [0.15, 0.2) is 48.5 Å². The zero-order chi connectivity index (χ0) is 23.4. The predicted molar refractivity (Wildman–Crippen MR) is 124 cm³/mol. The van der Waals surface area contributed by atoms with Crippen molar-refractivity contribution in [2.45, 2.75) is 57.0 Å². The van der Waals surface area contributed by atoms with Crippen LogP contribution < -0.4 is 5.32 Å². The summed E-state index contributed by atoms with van der Waals surface area (Å²) in [6, 6.07) is 15.6. The van der Waals surface area contributed by atoms with E-state index in [1.165, 1.54) is 11.1 Å². The number of rotatable bonds is 7. The molecule has 4 rings (SSSR count). The van der Waals surface area contributed by atoms with Crippen molar-refractivity contribution < 1.29 is 24.2 Å². The quantitative estimate of drug-likeness (QED) is 0.660. The van der Waals surface area contributed by atoms with Crippen molar-refractivity contribution in [2.75, 3.05) is 13.2 Å². The first-order chi connectivity index (χ1) is 15.9. The molecule has 2 aliphatic rings. The molecule has 0 spiro atoms. The summed E-state index contributed by atoms with van der Waals surface area (Å²) in [5.74, 6) is -1.05. The van der Waals surface area contributed by atoms with Crippen molar-refractivity contribution in [3.05, 3.63) is 59.7 Å². The number of benzene rings is 2. The Bertz CT molecular complexity index is 991. The van der Waals surface area contributed by atoms with Crippen molar-refractivity contribution in [3.8, 4) is 11.1 Å². The maximum atomic E-state index is 12.8. The Labute approximate surface area is 193 Å². The van der Waals surface area contributed by atoms with Gasteiger partial charge < -0.3 is 20.1 Å². The summed E-state index contributed by atoms with van der Waals surface area (Å²) in [6.45, 7) is 2.54. The van der Waals surface area contributed by atoms with Crippen molar-refractivity contribution in [1.29, 1.82) is 0 Å². The van der Waals surface area contributed by atoms with Crippen molar-refractivity contribution in [2.24, 2.45) is 0 Å². The Kier molecular flexibility index (Phi) is 6.96. The number of likely N-dealkylation sites (tertiary alicyclic amines) is 1. The van der Waals surface area contributed by atoms with E-state index >= 15 is 0 Å². The van der Waals surface area contributed by atoms with Crippen LogP contribution in [0.5, 0.6) is 0 Å². The predicted octanol–water partition coefficient (Wildman–Crippen LogP) is 4.16. The number of fused-ring (bicyclic) bond motifs is 3. The van der Waals surface area contributed by atoms with Gasteiger partial charge in [-0.25, -0.2) is 4.79 Å². The summed E-state index contributed by atoms with van der Waals surface area (Å²) in [6.07, 6.45) is 2.01. The molecule has 7 heteroatoms. The minimum Gasteiger partial charge on any atom is -0.481 e. The van der Waals surface area contributed by atoms with E-state index in [9.17, 15) is 14.4 Å². The fourth-order valence-corrected chi connectivity index (χ4v) is 5.01. The number of piperidine rings is 1. The van der Waals surface area contributed by atoms with Gasteiger partial charge in [0.25, 0.3) is 0 Å². The van der Waals surface area contributed by atoms with Crippen LogP contribution in [0.3, 0.4) is 0 Å². The lowest BCUT2D eigenvalue weighted by atomic mass is 9.98. The largest absolute Gasteiger partial charge is 0.481 e. The third-order valence-corrected chi connectivity index (χ3v) is 6.55. The molecule has 1 saturated heterocycles. The SMILES string of the molecule is C[C@@H](CC(=O)N1CCCCC1CC(=O)O)NC(=O)OCC1c2ccccc2-c2ccccc21. The third-order valence-electron chi connectivity index (χ3n) is 6.55. The van der Waals surface area contributed by atoms with Crippen molar-refractivity contribution in [3.63, 3.8) is 0 Å². The number of hydrogen-bond acceptors (Lipinski definition) is 4. The second-order valence-corrected chi connectivity index (χ2v) is 8.91. The summed E-state index contributed by atoms with van der Waals surface area (Å²) in [5.41, 5.74) is 4.62. The van der Waals surface area contributed by atoms with Crippen LogP contribution in [0, 0.1) is 0 Å². The standard InChI is InChI=1S/C26H30N2O5/c1-17(14-24(29)28-13-7-6-8-18(28)15-25(30)31)27-26(32)33-16-23-21-11-4-2-9-19(21)20-10-3-5-12-22(20)23/h2-5,9-12,17-18,23H,6-8,13-16H2,1H3,(H,27,32)(H,30,31)/t17-,18?/m0/s1. The first-order valence-electron chi connectivity index (χ1n) is 11.6. The Morgan fingerprint density at radius 1 is 1.06 bits per heavy atom. The van der Waals surface area contributed by atoms with Gasteiger partial charge in [0.15, 0.2) is 0 Å². The molecule has 7 nitrogen and oxygen atoms in total. The minimum absolute atomic E-state index is 0.0229. The average molecular weight is 451 g/mol. The van der Waals surface area contributed by atoms with Crippen LogP contribution in [0.25, 0.3) is 11.1 Å². The highest BCUT2D eigenvalue weighted by atomic mass is 16.5. The van der Waals surface area contributed by atoms with Gasteiger partial charge in [-0.3, -0.25) is 9.59 Å². The number of nitrogens with zero attached hydrogens (tertiary/aromatic N) is 1. The molecule has 1 heterocycles. The summed E-state index contributed by atoms with van der Waals surface area (Å²) in [4.78, 5) is 38.0. The number of ether oxygens (including phenoxy) is 1. The van der Waals surface area contributed by atoms with Gasteiger partial charge in [-0.1, -0.05) is 48.5 Å². The minimum atomic E-state index is -0.899. The molecule has 2 aromatic rings. The lowest BCUT2D eigenvalue weighted by Crippen LogP contribution is -2.47. The molecule has 1 aliphatic heterocycles. The highest BCUT2D eigenvalue weighted by Crippen LogP contribution is 2.44. The van der Waals surface area contributed by atoms with E-state index in [4.69, 9.17) is 9.84 Å². The third kappa shape index (κ3) is 5.18. The lowest BCUT2D eigenvalue weighted by molar-refractivity contribution is -0.142. The van der Waals surface area contributed by atoms with Gasteiger partial charge in [0.05, 0.1) is 6.42 Å². The monoisotopic (exact) mass is 450 g/mol. The van der Waals surface area contributed by atoms with Crippen molar-refractivity contribution >= 4 is 18.0 Å². The van der Waals surface area contributed by atoms with E-state index in [0.29, 0.717) is 13.0 Å². The molecule has 2 atom stereocenters. The second-order valence-electron chi connectivity index (χ2n) is 8.91. The molecule has 174 valence electrons. The molecule has 1 unspecified atom stereocenters. The van der Waals surface area contributed by atoms with E-state index in [-0.39, 0.29) is 37.3 Å². The fraction of sp³-hybridized carbons (Fsp3) is 0.423. The normalized spacial score (nSPS) is 18.2. The fourth-order valence-electron chi connectivity index (χ4n) is 5.01. The van der Waals surface area contributed by atoms with Gasteiger partial charge in [-0.2, -0.15) is 0 Å². The van der Waals surface area contributed by atoms with E-state index in [1.807, 2.05) is 24.3 Å². The lowest BCUT2D eigenvalue weighted by Gasteiger charge is -2.35.